The summed E-state index contributed by atoms with van der Waals surface area (Å²) < 4.78 is 0. The summed E-state index contributed by atoms with van der Waals surface area (Å²) >= 11 is 0. The fourth-order valence-corrected chi connectivity index (χ4v) is 2.90. The molecule has 3 aromatic rings. The molecule has 33 heavy (non-hydrogen) atoms. The fraction of sp³-hybridized carbons (Fsp3) is 0.0417. The van der Waals surface area contributed by atoms with Gasteiger partial charge in [0.05, 0.1) is 29.4 Å². The molecule has 0 saturated carbocycles. The zero-order chi connectivity index (χ0) is 23.8. The average Bonchev–Trinajstić information content (AvgIpc) is 2.83. The van der Waals surface area contributed by atoms with E-state index in [1.807, 2.05) is 6.07 Å². The van der Waals surface area contributed by atoms with Gasteiger partial charge in [-0.3, -0.25) is 9.59 Å². The Kier molecular flexibility index (Phi) is 7.13. The minimum atomic E-state index is -1.13. The maximum absolute atomic E-state index is 12.8. The first kappa shape index (κ1) is 22.7. The number of nitrogens with zero attached hydrogens (tertiary/aromatic N) is 1. The van der Waals surface area contributed by atoms with E-state index in [2.05, 4.69) is 16.0 Å². The second kappa shape index (κ2) is 10.4. The van der Waals surface area contributed by atoms with E-state index in [1.54, 1.807) is 24.3 Å². The minimum absolute atomic E-state index is 0.00841. The van der Waals surface area contributed by atoms with E-state index in [0.717, 1.165) is 0 Å². The number of rotatable bonds is 7. The van der Waals surface area contributed by atoms with Gasteiger partial charge in [0, 0.05) is 16.8 Å². The Hall–Kier alpha value is -4.97. The quantitative estimate of drug-likeness (QED) is 0.413. The van der Waals surface area contributed by atoms with Crippen molar-refractivity contribution in [1.29, 1.82) is 5.26 Å². The number of ketones is 1. The number of nitriles is 1. The number of aromatic carboxylic acids is 1. The van der Waals surface area contributed by atoms with Crippen molar-refractivity contribution in [3.63, 3.8) is 0 Å². The number of anilines is 2. The average molecular weight is 442 g/mol. The van der Waals surface area contributed by atoms with Crippen molar-refractivity contribution in [3.8, 4) is 6.07 Å². The second-order valence-corrected chi connectivity index (χ2v) is 6.81. The number of hydrogen-bond donors (Lipinski definition) is 4. The summed E-state index contributed by atoms with van der Waals surface area (Å²) in [5, 5.41) is 25.3. The Morgan fingerprint density at radius 1 is 0.848 bits per heavy atom. The standard InChI is InChI=1S/C24H18N4O5/c25-13-15-8-10-16(11-9-15)22(30)19-6-1-2-7-20(19)28-21(29)14-26-24(33)27-18-5-3-4-17(12-18)23(31)32/h1-12H,14H2,(H,28,29)(H,31,32)(H2,26,27,33). The second-order valence-electron chi connectivity index (χ2n) is 6.81. The van der Waals surface area contributed by atoms with Crippen molar-refractivity contribution in [2.45, 2.75) is 0 Å². The summed E-state index contributed by atoms with van der Waals surface area (Å²) in [6, 6.07) is 19.5. The molecule has 0 atom stereocenters. The molecule has 0 aliphatic carbocycles. The van der Waals surface area contributed by atoms with E-state index < -0.39 is 17.9 Å². The maximum Gasteiger partial charge on any atom is 0.335 e. The number of carbonyl (C=O) groups excluding carboxylic acids is 3. The fourth-order valence-electron chi connectivity index (χ4n) is 2.90. The van der Waals surface area contributed by atoms with E-state index in [0.29, 0.717) is 11.1 Å². The summed E-state index contributed by atoms with van der Waals surface area (Å²) in [6.07, 6.45) is 0. The SMILES string of the molecule is N#Cc1ccc(C(=O)c2ccccc2NC(=O)CNC(=O)Nc2cccc(C(=O)O)c2)cc1. The van der Waals surface area contributed by atoms with Crippen LogP contribution in [0.4, 0.5) is 16.2 Å². The molecule has 0 bridgehead atoms. The molecule has 9 heteroatoms. The molecule has 4 N–H and O–H groups in total. The van der Waals surface area contributed by atoms with E-state index in [9.17, 15) is 19.2 Å². The van der Waals surface area contributed by atoms with Gasteiger partial charge in [-0.15, -0.1) is 0 Å². The monoisotopic (exact) mass is 442 g/mol. The van der Waals surface area contributed by atoms with Crippen LogP contribution in [0.2, 0.25) is 0 Å². The van der Waals surface area contributed by atoms with Gasteiger partial charge in [-0.25, -0.2) is 9.59 Å². The van der Waals surface area contributed by atoms with Crippen LogP contribution in [0.3, 0.4) is 0 Å². The molecule has 3 rings (SSSR count). The number of carboxylic acid groups (broad SMARTS) is 1. The van der Waals surface area contributed by atoms with Gasteiger partial charge in [0.2, 0.25) is 5.91 Å². The molecule has 0 aliphatic heterocycles. The molecule has 0 radical (unpaired) electrons. The van der Waals surface area contributed by atoms with Crippen LogP contribution >= 0.6 is 0 Å². The van der Waals surface area contributed by atoms with Gasteiger partial charge in [-0.2, -0.15) is 5.26 Å². The molecule has 3 aromatic carbocycles. The number of para-hydroxylation sites is 1. The van der Waals surface area contributed by atoms with Gasteiger partial charge in [-0.05, 0) is 54.6 Å². The van der Waals surface area contributed by atoms with Crippen LogP contribution in [0, 0.1) is 11.3 Å². The Balaban J connectivity index is 1.61. The summed E-state index contributed by atoms with van der Waals surface area (Å²) in [4.78, 5) is 48.2. The number of hydrogen-bond acceptors (Lipinski definition) is 5. The molecule has 0 saturated heterocycles. The van der Waals surface area contributed by atoms with Crippen LogP contribution in [-0.2, 0) is 4.79 Å². The molecule has 3 amide bonds. The Labute approximate surface area is 188 Å². The number of nitrogens with one attached hydrogen (secondary N) is 3. The lowest BCUT2D eigenvalue weighted by Crippen LogP contribution is -2.36. The van der Waals surface area contributed by atoms with Crippen LogP contribution in [0.1, 0.15) is 31.8 Å². The van der Waals surface area contributed by atoms with Crippen LogP contribution in [0.15, 0.2) is 72.8 Å². The van der Waals surface area contributed by atoms with Gasteiger partial charge in [0.1, 0.15) is 0 Å². The van der Waals surface area contributed by atoms with Crippen LogP contribution in [-0.4, -0.2) is 35.3 Å². The van der Waals surface area contributed by atoms with Crippen molar-refractivity contribution in [2.75, 3.05) is 17.2 Å². The minimum Gasteiger partial charge on any atom is -0.478 e. The largest absolute Gasteiger partial charge is 0.478 e. The Bertz CT molecular complexity index is 1260. The van der Waals surface area contributed by atoms with Gasteiger partial charge in [0.25, 0.3) is 0 Å². The number of amides is 3. The molecule has 9 nitrogen and oxygen atoms in total. The molecule has 0 aliphatic rings. The number of carboxylic acids is 1. The third kappa shape index (κ3) is 6.02. The maximum atomic E-state index is 12.8. The first-order chi connectivity index (χ1) is 15.9. The number of carbonyl (C=O) groups is 4. The van der Waals surface area contributed by atoms with Crippen molar-refractivity contribution in [3.05, 3.63) is 95.1 Å². The van der Waals surface area contributed by atoms with Crippen molar-refractivity contribution in [2.24, 2.45) is 0 Å². The summed E-state index contributed by atoms with van der Waals surface area (Å²) in [5.41, 5.74) is 1.57. The summed E-state index contributed by atoms with van der Waals surface area (Å²) in [7, 11) is 0. The molecule has 0 aromatic heterocycles. The normalized spacial score (nSPS) is 9.91. The predicted octanol–water partition coefficient (Wildman–Crippen LogP) is 3.25. The third-order valence-corrected chi connectivity index (χ3v) is 4.50. The lowest BCUT2D eigenvalue weighted by molar-refractivity contribution is -0.115. The van der Waals surface area contributed by atoms with E-state index >= 15 is 0 Å². The van der Waals surface area contributed by atoms with Crippen molar-refractivity contribution >= 4 is 35.1 Å². The van der Waals surface area contributed by atoms with Gasteiger partial charge in [0.15, 0.2) is 5.78 Å². The highest BCUT2D eigenvalue weighted by atomic mass is 16.4. The van der Waals surface area contributed by atoms with Crippen LogP contribution in [0.5, 0.6) is 0 Å². The molecule has 0 fully saturated rings. The summed E-state index contributed by atoms with van der Waals surface area (Å²) in [6.45, 7) is -0.385. The topological polar surface area (TPSA) is 148 Å². The van der Waals surface area contributed by atoms with Gasteiger partial charge in [-0.1, -0.05) is 18.2 Å². The van der Waals surface area contributed by atoms with Gasteiger partial charge >= 0.3 is 12.0 Å². The number of urea groups is 1. The molecule has 0 heterocycles. The highest BCUT2D eigenvalue weighted by Gasteiger charge is 2.15. The number of benzene rings is 3. The first-order valence-electron chi connectivity index (χ1n) is 9.69. The lowest BCUT2D eigenvalue weighted by Gasteiger charge is -2.12. The van der Waals surface area contributed by atoms with E-state index in [1.165, 1.54) is 48.5 Å². The highest BCUT2D eigenvalue weighted by molar-refractivity contribution is 6.14. The summed E-state index contributed by atoms with van der Waals surface area (Å²) in [5.74, 6) is -2.03. The smallest absolute Gasteiger partial charge is 0.335 e. The molecule has 164 valence electrons. The van der Waals surface area contributed by atoms with Crippen LogP contribution in [0.25, 0.3) is 0 Å². The zero-order valence-corrected chi connectivity index (χ0v) is 17.2. The molecular weight excluding hydrogens is 424 g/mol. The van der Waals surface area contributed by atoms with Crippen LogP contribution < -0.4 is 16.0 Å². The highest BCUT2D eigenvalue weighted by Crippen LogP contribution is 2.19. The Morgan fingerprint density at radius 3 is 2.27 bits per heavy atom. The van der Waals surface area contributed by atoms with Crippen molar-refractivity contribution < 1.29 is 24.3 Å². The Morgan fingerprint density at radius 2 is 1.58 bits per heavy atom. The lowest BCUT2D eigenvalue weighted by atomic mass is 10.0. The van der Waals surface area contributed by atoms with E-state index in [4.69, 9.17) is 10.4 Å². The van der Waals surface area contributed by atoms with Crippen molar-refractivity contribution in [1.82, 2.24) is 5.32 Å². The molecule has 0 unspecified atom stereocenters. The zero-order valence-electron chi connectivity index (χ0n) is 17.2. The molecular formula is C24H18N4O5. The van der Waals surface area contributed by atoms with E-state index in [-0.39, 0.29) is 34.8 Å². The molecule has 0 spiro atoms. The predicted molar refractivity (Wildman–Crippen MR) is 120 cm³/mol. The third-order valence-electron chi connectivity index (χ3n) is 4.50. The van der Waals surface area contributed by atoms with Gasteiger partial charge < -0.3 is 21.1 Å². The first-order valence-corrected chi connectivity index (χ1v) is 9.69.